The Kier molecular flexibility index (Phi) is 2.86. The molecule has 0 aliphatic carbocycles. The number of anilines is 1. The Morgan fingerprint density at radius 3 is 2.67 bits per heavy atom. The highest BCUT2D eigenvalue weighted by molar-refractivity contribution is 6.02. The fraction of sp³-hybridized carbons (Fsp3) is 0.533. The van der Waals surface area contributed by atoms with Gasteiger partial charge in [0.15, 0.2) is 5.78 Å². The maximum atomic E-state index is 12.1. The minimum absolute atomic E-state index is 0.134. The van der Waals surface area contributed by atoms with Crippen molar-refractivity contribution in [2.75, 3.05) is 25.5 Å². The predicted molar refractivity (Wildman–Crippen MR) is 73.1 cm³/mol. The van der Waals surface area contributed by atoms with Crippen LogP contribution in [-0.4, -0.2) is 36.4 Å². The maximum absolute atomic E-state index is 12.1. The number of piperidine rings is 1. The van der Waals surface area contributed by atoms with Crippen LogP contribution in [-0.2, 0) is 0 Å². The van der Waals surface area contributed by atoms with Crippen molar-refractivity contribution in [3.8, 4) is 0 Å². The van der Waals surface area contributed by atoms with Crippen LogP contribution in [0.3, 0.4) is 0 Å². The van der Waals surface area contributed by atoms with Crippen molar-refractivity contribution in [1.29, 1.82) is 0 Å². The van der Waals surface area contributed by atoms with Crippen LogP contribution in [0.2, 0.25) is 0 Å². The molecule has 2 aliphatic heterocycles. The van der Waals surface area contributed by atoms with Gasteiger partial charge >= 0.3 is 0 Å². The van der Waals surface area contributed by atoms with E-state index in [9.17, 15) is 4.79 Å². The topological polar surface area (TPSA) is 32.3 Å². The summed E-state index contributed by atoms with van der Waals surface area (Å²) in [7, 11) is 2.17. The number of nitrogens with zero attached hydrogens (tertiary/aromatic N) is 1. The van der Waals surface area contributed by atoms with Crippen molar-refractivity contribution in [2.24, 2.45) is 0 Å². The fourth-order valence-corrected chi connectivity index (χ4v) is 3.09. The highest BCUT2D eigenvalue weighted by Gasteiger charge is 2.36. The van der Waals surface area contributed by atoms with Crippen molar-refractivity contribution < 1.29 is 4.79 Å². The minimum Gasteiger partial charge on any atom is -0.379 e. The molecule has 1 aromatic rings. The lowest BCUT2D eigenvalue weighted by atomic mass is 9.83. The van der Waals surface area contributed by atoms with Crippen molar-refractivity contribution in [3.63, 3.8) is 0 Å². The summed E-state index contributed by atoms with van der Waals surface area (Å²) in [6, 6.07) is 7.94. The van der Waals surface area contributed by atoms with Gasteiger partial charge in [-0.05, 0) is 38.4 Å². The predicted octanol–water partition coefficient (Wildman–Crippen LogP) is 2.54. The van der Waals surface area contributed by atoms with Crippen LogP contribution in [0.5, 0.6) is 0 Å². The molecule has 18 heavy (non-hydrogen) atoms. The van der Waals surface area contributed by atoms with Crippen molar-refractivity contribution >= 4 is 11.5 Å². The number of hydrogen-bond donors (Lipinski definition) is 1. The number of ketones is 1. The second kappa shape index (κ2) is 4.39. The second-order valence-electron chi connectivity index (χ2n) is 5.68. The molecule has 3 heteroatoms. The molecule has 0 radical (unpaired) electrons. The number of para-hydroxylation sites is 1. The lowest BCUT2D eigenvalue weighted by molar-refractivity contribution is 0.0968. The molecule has 3 rings (SSSR count). The second-order valence-corrected chi connectivity index (χ2v) is 5.68. The summed E-state index contributed by atoms with van der Waals surface area (Å²) >= 11 is 0. The van der Waals surface area contributed by atoms with Gasteiger partial charge in [0.05, 0.1) is 0 Å². The SMILES string of the molecule is CN1CCC2(CCC(=O)c3ccccc3N2)CC1. The van der Waals surface area contributed by atoms with Crippen LogP contribution in [0.15, 0.2) is 24.3 Å². The van der Waals surface area contributed by atoms with E-state index in [4.69, 9.17) is 0 Å². The van der Waals surface area contributed by atoms with Gasteiger partial charge in [-0.25, -0.2) is 0 Å². The average Bonchev–Trinajstić information content (AvgIpc) is 2.53. The van der Waals surface area contributed by atoms with E-state index in [0.29, 0.717) is 6.42 Å². The maximum Gasteiger partial charge on any atom is 0.165 e. The highest BCUT2D eigenvalue weighted by atomic mass is 16.1. The first-order valence-electron chi connectivity index (χ1n) is 6.78. The first kappa shape index (κ1) is 11.7. The number of hydrogen-bond acceptors (Lipinski definition) is 3. The number of Topliss-reactive ketones (excluding diaryl/α,β-unsaturated/α-hetero) is 1. The molecule has 2 aliphatic rings. The third kappa shape index (κ3) is 2.03. The molecule has 1 aromatic carbocycles. The van der Waals surface area contributed by atoms with E-state index in [0.717, 1.165) is 43.6 Å². The molecule has 1 saturated heterocycles. The van der Waals surface area contributed by atoms with Gasteiger partial charge in [0.1, 0.15) is 0 Å². The molecule has 1 N–H and O–H groups in total. The number of carbonyl (C=O) groups excluding carboxylic acids is 1. The quantitative estimate of drug-likeness (QED) is 0.761. The normalized spacial score (nSPS) is 23.3. The van der Waals surface area contributed by atoms with Crippen LogP contribution in [0.1, 0.15) is 36.0 Å². The zero-order valence-corrected chi connectivity index (χ0v) is 10.9. The first-order valence-corrected chi connectivity index (χ1v) is 6.78. The van der Waals surface area contributed by atoms with E-state index in [2.05, 4.69) is 17.3 Å². The summed E-state index contributed by atoms with van der Waals surface area (Å²) in [5.74, 6) is 0.286. The third-order valence-corrected chi connectivity index (χ3v) is 4.40. The van der Waals surface area contributed by atoms with Gasteiger partial charge in [0, 0.05) is 36.3 Å². The molecule has 1 spiro atoms. The largest absolute Gasteiger partial charge is 0.379 e. The van der Waals surface area contributed by atoms with Gasteiger partial charge < -0.3 is 10.2 Å². The molecule has 3 nitrogen and oxygen atoms in total. The molecule has 2 heterocycles. The Labute approximate surface area is 108 Å². The smallest absolute Gasteiger partial charge is 0.165 e. The standard InChI is InChI=1S/C15H20N2O/c1-17-10-8-15(9-11-17)7-6-14(18)12-4-2-3-5-13(12)16-15/h2-5,16H,6-11H2,1H3. The van der Waals surface area contributed by atoms with Crippen molar-refractivity contribution in [1.82, 2.24) is 4.90 Å². The lowest BCUT2D eigenvalue weighted by Crippen LogP contribution is -2.47. The first-order chi connectivity index (χ1) is 8.69. The molecule has 96 valence electrons. The highest BCUT2D eigenvalue weighted by Crippen LogP contribution is 2.35. The van der Waals surface area contributed by atoms with E-state index < -0.39 is 0 Å². The van der Waals surface area contributed by atoms with Crippen LogP contribution in [0.4, 0.5) is 5.69 Å². The van der Waals surface area contributed by atoms with Gasteiger partial charge in [-0.1, -0.05) is 12.1 Å². The average molecular weight is 244 g/mol. The van der Waals surface area contributed by atoms with E-state index >= 15 is 0 Å². The fourth-order valence-electron chi connectivity index (χ4n) is 3.09. The molecule has 0 aromatic heterocycles. The Morgan fingerprint density at radius 2 is 1.89 bits per heavy atom. The Hall–Kier alpha value is -1.35. The zero-order valence-electron chi connectivity index (χ0n) is 10.9. The molecule has 0 amide bonds. The number of carbonyl (C=O) groups is 1. The van der Waals surface area contributed by atoms with Gasteiger partial charge in [-0.3, -0.25) is 4.79 Å². The Morgan fingerprint density at radius 1 is 1.17 bits per heavy atom. The van der Waals surface area contributed by atoms with Crippen LogP contribution < -0.4 is 5.32 Å². The Bertz CT molecular complexity index is 461. The summed E-state index contributed by atoms with van der Waals surface area (Å²) in [6.45, 7) is 2.23. The van der Waals surface area contributed by atoms with Gasteiger partial charge in [0.2, 0.25) is 0 Å². The minimum atomic E-state index is 0.134. The zero-order chi connectivity index (χ0) is 12.6. The van der Waals surface area contributed by atoms with Crippen LogP contribution in [0.25, 0.3) is 0 Å². The molecule has 0 unspecified atom stereocenters. The summed E-state index contributed by atoms with van der Waals surface area (Å²) in [5, 5.41) is 3.68. The summed E-state index contributed by atoms with van der Waals surface area (Å²) in [6.07, 6.45) is 3.90. The van der Waals surface area contributed by atoms with E-state index in [1.807, 2.05) is 24.3 Å². The van der Waals surface area contributed by atoms with E-state index in [1.54, 1.807) is 0 Å². The van der Waals surface area contributed by atoms with Gasteiger partial charge in [-0.15, -0.1) is 0 Å². The molecule has 1 fully saturated rings. The molecular formula is C15H20N2O. The van der Waals surface area contributed by atoms with E-state index in [-0.39, 0.29) is 11.3 Å². The van der Waals surface area contributed by atoms with Crippen molar-refractivity contribution in [2.45, 2.75) is 31.2 Å². The monoisotopic (exact) mass is 244 g/mol. The number of rotatable bonds is 0. The molecule has 0 atom stereocenters. The third-order valence-electron chi connectivity index (χ3n) is 4.40. The Balaban J connectivity index is 1.91. The van der Waals surface area contributed by atoms with Crippen molar-refractivity contribution in [3.05, 3.63) is 29.8 Å². The number of likely N-dealkylation sites (tertiary alicyclic amines) is 1. The number of benzene rings is 1. The number of nitrogens with one attached hydrogen (secondary N) is 1. The molecular weight excluding hydrogens is 224 g/mol. The van der Waals surface area contributed by atoms with Crippen LogP contribution in [0, 0.1) is 0 Å². The van der Waals surface area contributed by atoms with Gasteiger partial charge in [-0.2, -0.15) is 0 Å². The summed E-state index contributed by atoms with van der Waals surface area (Å²) < 4.78 is 0. The van der Waals surface area contributed by atoms with Crippen LogP contribution >= 0.6 is 0 Å². The van der Waals surface area contributed by atoms with E-state index in [1.165, 1.54) is 0 Å². The summed E-state index contributed by atoms with van der Waals surface area (Å²) in [5.41, 5.74) is 2.03. The van der Waals surface area contributed by atoms with Gasteiger partial charge in [0.25, 0.3) is 0 Å². The lowest BCUT2D eigenvalue weighted by Gasteiger charge is -2.41. The number of fused-ring (bicyclic) bond motifs is 1. The molecule has 0 bridgehead atoms. The summed E-state index contributed by atoms with van der Waals surface area (Å²) in [4.78, 5) is 14.5. The molecule has 0 saturated carbocycles.